The summed E-state index contributed by atoms with van der Waals surface area (Å²) in [4.78, 5) is 0. The second-order valence-electron chi connectivity index (χ2n) is 5.85. The fraction of sp³-hybridized carbons (Fsp3) is 1.00. The van der Waals surface area contributed by atoms with Crippen LogP contribution in [-0.2, 0) is 0 Å². The molecule has 2 rings (SSSR count). The van der Waals surface area contributed by atoms with E-state index in [2.05, 4.69) is 12.2 Å². The fourth-order valence-corrected chi connectivity index (χ4v) is 3.33. The van der Waals surface area contributed by atoms with Crippen LogP contribution in [0.1, 0.15) is 64.7 Å². The molecule has 1 heteroatoms. The highest BCUT2D eigenvalue weighted by Crippen LogP contribution is 2.30. The molecule has 0 aromatic heterocycles. The minimum absolute atomic E-state index is 0.774. The topological polar surface area (TPSA) is 12.0 Å². The first-order valence-corrected chi connectivity index (χ1v) is 7.08. The number of rotatable bonds is 2. The summed E-state index contributed by atoms with van der Waals surface area (Å²) in [6, 6.07) is 0.774. The lowest BCUT2D eigenvalue weighted by atomic mass is 9.84. The molecule has 0 aromatic rings. The Morgan fingerprint density at radius 2 is 1.60 bits per heavy atom. The SMILES string of the molecule is CC1CCC(CC2CCCCCC2)CN1. The van der Waals surface area contributed by atoms with Gasteiger partial charge in [-0.05, 0) is 44.6 Å². The molecule has 2 aliphatic rings. The van der Waals surface area contributed by atoms with Crippen LogP contribution in [-0.4, -0.2) is 12.6 Å². The zero-order chi connectivity index (χ0) is 10.5. The quantitative estimate of drug-likeness (QED) is 0.683. The minimum Gasteiger partial charge on any atom is -0.314 e. The normalized spacial score (nSPS) is 35.0. The lowest BCUT2D eigenvalue weighted by Crippen LogP contribution is -2.37. The van der Waals surface area contributed by atoms with Crippen LogP contribution >= 0.6 is 0 Å². The number of nitrogens with one attached hydrogen (secondary N) is 1. The molecule has 1 aliphatic heterocycles. The molecule has 88 valence electrons. The van der Waals surface area contributed by atoms with Crippen molar-refractivity contribution in [2.75, 3.05) is 6.54 Å². The van der Waals surface area contributed by atoms with Crippen LogP contribution in [0.15, 0.2) is 0 Å². The van der Waals surface area contributed by atoms with Gasteiger partial charge in [0.05, 0.1) is 0 Å². The minimum atomic E-state index is 0.774. The molecule has 15 heavy (non-hydrogen) atoms. The molecule has 1 saturated carbocycles. The van der Waals surface area contributed by atoms with Gasteiger partial charge >= 0.3 is 0 Å². The van der Waals surface area contributed by atoms with Gasteiger partial charge in [0.2, 0.25) is 0 Å². The largest absolute Gasteiger partial charge is 0.314 e. The van der Waals surface area contributed by atoms with Gasteiger partial charge in [-0.3, -0.25) is 0 Å². The number of hydrogen-bond donors (Lipinski definition) is 1. The van der Waals surface area contributed by atoms with Crippen LogP contribution in [0, 0.1) is 11.8 Å². The first-order chi connectivity index (χ1) is 7.34. The molecule has 1 aliphatic carbocycles. The van der Waals surface area contributed by atoms with Crippen molar-refractivity contribution >= 4 is 0 Å². The van der Waals surface area contributed by atoms with E-state index in [9.17, 15) is 0 Å². The van der Waals surface area contributed by atoms with Crippen molar-refractivity contribution in [2.45, 2.75) is 70.8 Å². The van der Waals surface area contributed by atoms with Gasteiger partial charge in [-0.2, -0.15) is 0 Å². The van der Waals surface area contributed by atoms with E-state index in [0.717, 1.165) is 17.9 Å². The van der Waals surface area contributed by atoms with Crippen molar-refractivity contribution in [1.82, 2.24) is 5.32 Å². The summed E-state index contributed by atoms with van der Waals surface area (Å²) in [6.07, 6.45) is 13.4. The van der Waals surface area contributed by atoms with Gasteiger partial charge < -0.3 is 5.32 Å². The van der Waals surface area contributed by atoms with Crippen molar-refractivity contribution in [3.05, 3.63) is 0 Å². The highest BCUT2D eigenvalue weighted by atomic mass is 14.9. The molecule has 2 unspecified atom stereocenters. The Kier molecular flexibility index (Phi) is 4.49. The van der Waals surface area contributed by atoms with E-state index >= 15 is 0 Å². The van der Waals surface area contributed by atoms with E-state index in [-0.39, 0.29) is 0 Å². The Morgan fingerprint density at radius 1 is 0.867 bits per heavy atom. The van der Waals surface area contributed by atoms with Crippen LogP contribution in [0.3, 0.4) is 0 Å². The van der Waals surface area contributed by atoms with Crippen molar-refractivity contribution in [3.8, 4) is 0 Å². The monoisotopic (exact) mass is 209 g/mol. The highest BCUT2D eigenvalue weighted by molar-refractivity contribution is 4.77. The van der Waals surface area contributed by atoms with E-state index in [1.807, 2.05) is 0 Å². The predicted octanol–water partition coefficient (Wildman–Crippen LogP) is 3.74. The lowest BCUT2D eigenvalue weighted by Gasteiger charge is -2.30. The molecule has 2 fully saturated rings. The van der Waals surface area contributed by atoms with E-state index in [4.69, 9.17) is 0 Å². The highest BCUT2D eigenvalue weighted by Gasteiger charge is 2.21. The first-order valence-electron chi connectivity index (χ1n) is 7.08. The standard InChI is InChI=1S/C14H27N/c1-12-8-9-14(11-15-12)10-13-6-4-2-3-5-7-13/h12-15H,2-11H2,1H3. The molecule has 0 bridgehead atoms. The summed E-state index contributed by atoms with van der Waals surface area (Å²) in [5.41, 5.74) is 0. The van der Waals surface area contributed by atoms with Crippen LogP contribution < -0.4 is 5.32 Å². The average Bonchev–Trinajstić information content (AvgIpc) is 2.50. The summed E-state index contributed by atoms with van der Waals surface area (Å²) < 4.78 is 0. The Labute approximate surface area is 95.0 Å². The molecule has 1 N–H and O–H groups in total. The Bertz CT molecular complexity index is 162. The third-order valence-corrected chi connectivity index (χ3v) is 4.40. The Balaban J connectivity index is 1.70. The van der Waals surface area contributed by atoms with E-state index in [1.54, 1.807) is 0 Å². The van der Waals surface area contributed by atoms with Crippen molar-refractivity contribution in [3.63, 3.8) is 0 Å². The van der Waals surface area contributed by atoms with E-state index < -0.39 is 0 Å². The summed E-state index contributed by atoms with van der Waals surface area (Å²) in [5.74, 6) is 2.05. The maximum absolute atomic E-state index is 3.64. The molecule has 0 amide bonds. The summed E-state index contributed by atoms with van der Waals surface area (Å²) in [5, 5.41) is 3.64. The molecule has 0 aromatic carbocycles. The predicted molar refractivity (Wildman–Crippen MR) is 66.0 cm³/mol. The maximum Gasteiger partial charge on any atom is 0.00389 e. The molecule has 0 spiro atoms. The van der Waals surface area contributed by atoms with Crippen molar-refractivity contribution in [1.29, 1.82) is 0 Å². The van der Waals surface area contributed by atoms with Gasteiger partial charge in [0.15, 0.2) is 0 Å². The molecular weight excluding hydrogens is 182 g/mol. The van der Waals surface area contributed by atoms with Crippen molar-refractivity contribution in [2.24, 2.45) is 11.8 Å². The Morgan fingerprint density at radius 3 is 2.20 bits per heavy atom. The summed E-state index contributed by atoms with van der Waals surface area (Å²) in [7, 11) is 0. The second-order valence-corrected chi connectivity index (χ2v) is 5.85. The van der Waals surface area contributed by atoms with Gasteiger partial charge in [0, 0.05) is 6.04 Å². The lowest BCUT2D eigenvalue weighted by molar-refractivity contribution is 0.259. The molecule has 1 saturated heterocycles. The molecular formula is C14H27N. The van der Waals surface area contributed by atoms with Crippen molar-refractivity contribution < 1.29 is 0 Å². The smallest absolute Gasteiger partial charge is 0.00389 e. The van der Waals surface area contributed by atoms with Gasteiger partial charge in [-0.25, -0.2) is 0 Å². The molecule has 2 atom stereocenters. The van der Waals surface area contributed by atoms with Crippen LogP contribution in [0.25, 0.3) is 0 Å². The van der Waals surface area contributed by atoms with Crippen LogP contribution in [0.2, 0.25) is 0 Å². The van der Waals surface area contributed by atoms with Gasteiger partial charge in [0.25, 0.3) is 0 Å². The van der Waals surface area contributed by atoms with Gasteiger partial charge in [-0.1, -0.05) is 38.5 Å². The first kappa shape index (κ1) is 11.4. The maximum atomic E-state index is 3.64. The second kappa shape index (κ2) is 5.89. The third kappa shape index (κ3) is 3.79. The zero-order valence-corrected chi connectivity index (χ0v) is 10.3. The van der Waals surface area contributed by atoms with Crippen LogP contribution in [0.5, 0.6) is 0 Å². The van der Waals surface area contributed by atoms with Gasteiger partial charge in [0.1, 0.15) is 0 Å². The molecule has 1 nitrogen and oxygen atoms in total. The average molecular weight is 209 g/mol. The zero-order valence-electron chi connectivity index (χ0n) is 10.3. The van der Waals surface area contributed by atoms with E-state index in [1.165, 1.54) is 64.3 Å². The van der Waals surface area contributed by atoms with Gasteiger partial charge in [-0.15, -0.1) is 0 Å². The summed E-state index contributed by atoms with van der Waals surface area (Å²) in [6.45, 7) is 3.61. The number of hydrogen-bond acceptors (Lipinski definition) is 1. The van der Waals surface area contributed by atoms with Crippen LogP contribution in [0.4, 0.5) is 0 Å². The molecule has 1 heterocycles. The van der Waals surface area contributed by atoms with E-state index in [0.29, 0.717) is 0 Å². The molecule has 0 radical (unpaired) electrons. The third-order valence-electron chi connectivity index (χ3n) is 4.40. The Hall–Kier alpha value is -0.0400. The summed E-state index contributed by atoms with van der Waals surface area (Å²) >= 11 is 0. The number of piperidine rings is 1. The fourth-order valence-electron chi connectivity index (χ4n) is 3.33.